The van der Waals surface area contributed by atoms with Crippen LogP contribution in [0.15, 0.2) is 35.5 Å². The molecule has 0 unspecified atom stereocenters. The van der Waals surface area contributed by atoms with Crippen LogP contribution in [0.3, 0.4) is 0 Å². The number of hydrogen-bond acceptors (Lipinski definition) is 4. The number of halogens is 1. The number of nitrogens with two attached hydrogens (primary N) is 1. The molecule has 0 amide bonds. The summed E-state index contributed by atoms with van der Waals surface area (Å²) in [5.74, 6) is -0.415. The summed E-state index contributed by atoms with van der Waals surface area (Å²) >= 11 is 0. The van der Waals surface area contributed by atoms with Crippen LogP contribution in [-0.4, -0.2) is 24.7 Å². The van der Waals surface area contributed by atoms with E-state index in [1.54, 1.807) is 12.4 Å². The Labute approximate surface area is 151 Å². The van der Waals surface area contributed by atoms with Gasteiger partial charge in [-0.15, -0.1) is 0 Å². The molecule has 0 aliphatic heterocycles. The van der Waals surface area contributed by atoms with Gasteiger partial charge in [-0.3, -0.25) is 9.89 Å². The molecule has 5 rings (SSSR count). The second-order valence-corrected chi connectivity index (χ2v) is 6.67. The van der Waals surface area contributed by atoms with Crippen molar-refractivity contribution in [2.75, 3.05) is 5.73 Å². The molecule has 7 nitrogen and oxygen atoms in total. The lowest BCUT2D eigenvalue weighted by Crippen LogP contribution is -2.14. The monoisotopic (exact) mass is 362 g/mol. The molecular weight excluding hydrogens is 347 g/mol. The fourth-order valence-electron chi connectivity index (χ4n) is 3.84. The number of imidazole rings is 1. The molecule has 3 heterocycles. The fourth-order valence-corrected chi connectivity index (χ4v) is 3.84. The number of hydrogen-bond donors (Lipinski definition) is 3. The number of H-pyrrole nitrogens is 2. The first-order valence-electron chi connectivity index (χ1n) is 8.35. The molecule has 0 atom stereocenters. The Bertz CT molecular complexity index is 1440. The molecule has 0 radical (unpaired) electrons. The minimum Gasteiger partial charge on any atom is -0.394 e. The van der Waals surface area contributed by atoms with E-state index >= 15 is 0 Å². The molecule has 5 aromatic rings. The van der Waals surface area contributed by atoms with Crippen molar-refractivity contribution in [3.63, 3.8) is 0 Å². The van der Waals surface area contributed by atoms with Crippen LogP contribution in [0.25, 0.3) is 44.0 Å². The van der Waals surface area contributed by atoms with Gasteiger partial charge in [-0.1, -0.05) is 6.07 Å². The lowest BCUT2D eigenvalue weighted by molar-refractivity contribution is 0.636. The van der Waals surface area contributed by atoms with Gasteiger partial charge in [0.25, 0.3) is 5.56 Å². The van der Waals surface area contributed by atoms with Crippen molar-refractivity contribution in [2.45, 2.75) is 6.92 Å². The van der Waals surface area contributed by atoms with Gasteiger partial charge in [-0.2, -0.15) is 5.10 Å². The number of benzene rings is 2. The van der Waals surface area contributed by atoms with E-state index in [9.17, 15) is 9.18 Å². The molecule has 0 saturated carbocycles. The molecule has 4 N–H and O–H groups in total. The maximum absolute atomic E-state index is 14.1. The van der Waals surface area contributed by atoms with E-state index in [-0.39, 0.29) is 11.2 Å². The van der Waals surface area contributed by atoms with Crippen molar-refractivity contribution < 1.29 is 4.39 Å². The van der Waals surface area contributed by atoms with E-state index in [2.05, 4.69) is 20.2 Å². The van der Waals surface area contributed by atoms with Crippen LogP contribution >= 0.6 is 0 Å². The Balaban J connectivity index is 2.03. The zero-order valence-electron chi connectivity index (χ0n) is 14.6. The molecule has 0 aliphatic rings. The number of anilines is 1. The number of aryl methyl sites for hydroxylation is 2. The summed E-state index contributed by atoms with van der Waals surface area (Å²) in [5.41, 5.74) is 10.5. The van der Waals surface area contributed by atoms with Gasteiger partial charge in [-0.05, 0) is 30.2 Å². The van der Waals surface area contributed by atoms with Crippen molar-refractivity contribution in [2.24, 2.45) is 7.05 Å². The third kappa shape index (κ3) is 1.97. The number of nitrogens with zero attached hydrogens (tertiary/aromatic N) is 3. The third-order valence-electron chi connectivity index (χ3n) is 5.03. The Hall–Kier alpha value is -3.68. The number of pyridine rings is 1. The van der Waals surface area contributed by atoms with Crippen molar-refractivity contribution in [3.05, 3.63) is 52.5 Å². The Kier molecular flexibility index (Phi) is 2.98. The lowest BCUT2D eigenvalue weighted by Gasteiger charge is -2.13. The normalized spacial score (nSPS) is 11.8. The summed E-state index contributed by atoms with van der Waals surface area (Å²) in [6.07, 6.45) is 3.24. The maximum Gasteiger partial charge on any atom is 0.272 e. The maximum atomic E-state index is 14.1. The first-order valence-corrected chi connectivity index (χ1v) is 8.35. The predicted octanol–water partition coefficient (Wildman–Crippen LogP) is 2.99. The number of nitrogen functional groups attached to an aromatic ring is 1. The summed E-state index contributed by atoms with van der Waals surface area (Å²) in [7, 11) is 1.90. The Morgan fingerprint density at radius 2 is 2.04 bits per heavy atom. The minimum atomic E-state index is -0.415. The number of aromatic amines is 2. The van der Waals surface area contributed by atoms with Gasteiger partial charge in [0.05, 0.1) is 23.6 Å². The molecule has 2 aromatic carbocycles. The zero-order chi connectivity index (χ0) is 18.9. The van der Waals surface area contributed by atoms with Gasteiger partial charge in [0, 0.05) is 23.4 Å². The molecule has 27 heavy (non-hydrogen) atoms. The highest BCUT2D eigenvalue weighted by Gasteiger charge is 2.20. The Morgan fingerprint density at radius 1 is 1.22 bits per heavy atom. The van der Waals surface area contributed by atoms with Gasteiger partial charge in [-0.25, -0.2) is 9.37 Å². The van der Waals surface area contributed by atoms with Crippen LogP contribution in [0.5, 0.6) is 0 Å². The third-order valence-corrected chi connectivity index (χ3v) is 5.03. The van der Waals surface area contributed by atoms with Crippen LogP contribution in [0.4, 0.5) is 10.1 Å². The van der Waals surface area contributed by atoms with Crippen molar-refractivity contribution in [1.82, 2.24) is 24.7 Å². The topological polar surface area (TPSA) is 105 Å². The molecule has 3 aromatic heterocycles. The van der Waals surface area contributed by atoms with Gasteiger partial charge < -0.3 is 15.3 Å². The average Bonchev–Trinajstić information content (AvgIpc) is 3.27. The van der Waals surface area contributed by atoms with Gasteiger partial charge in [0.1, 0.15) is 22.5 Å². The predicted molar refractivity (Wildman–Crippen MR) is 103 cm³/mol. The number of fused-ring (bicyclic) bond motifs is 4. The van der Waals surface area contributed by atoms with Crippen molar-refractivity contribution in [3.8, 4) is 11.1 Å². The Morgan fingerprint density at radius 3 is 2.85 bits per heavy atom. The highest BCUT2D eigenvalue weighted by molar-refractivity contribution is 6.14. The van der Waals surface area contributed by atoms with E-state index in [1.807, 2.05) is 24.6 Å². The largest absolute Gasteiger partial charge is 0.394 e. The highest BCUT2D eigenvalue weighted by atomic mass is 19.1. The molecular formula is C19H15FN6O. The van der Waals surface area contributed by atoms with Crippen LogP contribution in [0.1, 0.15) is 5.56 Å². The number of nitrogens with one attached hydrogen (secondary N) is 2. The van der Waals surface area contributed by atoms with Gasteiger partial charge >= 0.3 is 0 Å². The lowest BCUT2D eigenvalue weighted by atomic mass is 9.95. The molecule has 0 spiro atoms. The summed E-state index contributed by atoms with van der Waals surface area (Å²) in [6.45, 7) is 1.98. The molecule has 134 valence electrons. The second-order valence-electron chi connectivity index (χ2n) is 6.67. The molecule has 0 saturated heterocycles. The zero-order valence-corrected chi connectivity index (χ0v) is 14.6. The second kappa shape index (κ2) is 5.16. The summed E-state index contributed by atoms with van der Waals surface area (Å²) in [5, 5.41) is 7.92. The summed E-state index contributed by atoms with van der Waals surface area (Å²) in [4.78, 5) is 19.9. The molecule has 0 fully saturated rings. The van der Waals surface area contributed by atoms with E-state index in [0.717, 1.165) is 16.5 Å². The number of aromatic nitrogens is 5. The fraction of sp³-hybridized carbons (Fsp3) is 0.105. The average molecular weight is 362 g/mol. The summed E-state index contributed by atoms with van der Waals surface area (Å²) in [6, 6.07) is 4.93. The van der Waals surface area contributed by atoms with Crippen molar-refractivity contribution in [1.29, 1.82) is 0 Å². The van der Waals surface area contributed by atoms with Gasteiger partial charge in [0.15, 0.2) is 0 Å². The van der Waals surface area contributed by atoms with Crippen LogP contribution < -0.4 is 11.3 Å². The molecule has 8 heteroatoms. The van der Waals surface area contributed by atoms with Crippen LogP contribution in [-0.2, 0) is 7.05 Å². The van der Waals surface area contributed by atoms with Crippen molar-refractivity contribution >= 4 is 38.5 Å². The van der Waals surface area contributed by atoms with E-state index < -0.39 is 11.4 Å². The SMILES string of the molecule is Cc1cc2c(-c3ccc(F)c4[nH]ncc34)c(N)c(=O)[nH]c2c2ncn(C)c12. The molecule has 0 bridgehead atoms. The van der Waals surface area contributed by atoms with E-state index in [1.165, 1.54) is 12.3 Å². The standard InChI is InChI=1S/C19H15FN6O/c1-8-5-10-13(9-3-4-12(20)15-11(9)6-23-25-15)14(21)19(27)24-16(10)17-18(8)26(2)7-22-17/h3-7H,21H2,1-2H3,(H,23,25)(H,24,27). The smallest absolute Gasteiger partial charge is 0.272 e. The highest BCUT2D eigenvalue weighted by Crippen LogP contribution is 2.38. The first kappa shape index (κ1) is 15.6. The molecule has 0 aliphatic carbocycles. The minimum absolute atomic E-state index is 0.0753. The van der Waals surface area contributed by atoms with Crippen LogP contribution in [0.2, 0.25) is 0 Å². The summed E-state index contributed by atoms with van der Waals surface area (Å²) < 4.78 is 16.0. The number of rotatable bonds is 1. The van der Waals surface area contributed by atoms with Gasteiger partial charge in [0.2, 0.25) is 0 Å². The van der Waals surface area contributed by atoms with Crippen LogP contribution in [0, 0.1) is 12.7 Å². The van der Waals surface area contributed by atoms with E-state index in [0.29, 0.717) is 27.5 Å². The van der Waals surface area contributed by atoms with E-state index in [4.69, 9.17) is 5.73 Å². The quantitative estimate of drug-likeness (QED) is 0.426. The first-order chi connectivity index (χ1) is 13.0.